The smallest absolute Gasteiger partial charge is 0.339 e. The highest BCUT2D eigenvalue weighted by molar-refractivity contribution is 6.35. The van der Waals surface area contributed by atoms with Gasteiger partial charge >= 0.3 is 5.97 Å². The minimum Gasteiger partial charge on any atom is -0.484 e. The summed E-state index contributed by atoms with van der Waals surface area (Å²) in [5, 5.41) is 9.02. The molecule has 0 atom stereocenters. The Labute approximate surface area is 84.1 Å². The lowest BCUT2D eigenvalue weighted by atomic mass is 10.1. The first kappa shape index (κ1) is 9.02. The van der Waals surface area contributed by atoms with E-state index in [0.717, 1.165) is 0 Å². The fraction of sp³-hybridized carbons (Fsp3) is 0.111. The average Bonchev–Trinajstić information content (AvgIpc) is 2.49. The molecule has 1 aliphatic heterocycles. The number of hydrogen-bond donors (Lipinski definition) is 1. The summed E-state index contributed by atoms with van der Waals surface area (Å²) in [5.74, 6) is -1.34. The van der Waals surface area contributed by atoms with E-state index in [1.807, 2.05) is 0 Å². The van der Waals surface area contributed by atoms with Crippen LogP contribution < -0.4 is 4.74 Å². The first-order chi connectivity index (χ1) is 6.61. The van der Waals surface area contributed by atoms with Crippen molar-refractivity contribution in [1.82, 2.24) is 0 Å². The van der Waals surface area contributed by atoms with Crippen LogP contribution in [0.25, 0.3) is 0 Å². The summed E-state index contributed by atoms with van der Waals surface area (Å²) in [6.45, 7) is -0.140. The van der Waals surface area contributed by atoms with Crippen LogP contribution in [0.5, 0.6) is 5.75 Å². The normalized spacial score (nSPS) is 13.6. The number of halogens is 1. The average molecular weight is 213 g/mol. The van der Waals surface area contributed by atoms with E-state index in [4.69, 9.17) is 21.4 Å². The van der Waals surface area contributed by atoms with Crippen LogP contribution in [0, 0.1) is 0 Å². The SMILES string of the molecule is O=C(O)c1ccc(Cl)c2c1OCC2=O. The third kappa shape index (κ3) is 1.15. The number of Topliss-reactive ketones (excluding diaryl/α,β-unsaturated/α-hetero) is 1. The minimum absolute atomic E-state index is 0.0322. The number of ketones is 1. The summed E-state index contributed by atoms with van der Waals surface area (Å²) in [5.41, 5.74) is 0.141. The number of benzene rings is 1. The molecule has 0 fully saturated rings. The van der Waals surface area contributed by atoms with E-state index in [-0.39, 0.29) is 34.3 Å². The lowest BCUT2D eigenvalue weighted by Gasteiger charge is -2.03. The second-order valence-electron chi connectivity index (χ2n) is 2.82. The van der Waals surface area contributed by atoms with Gasteiger partial charge < -0.3 is 9.84 Å². The molecule has 1 heterocycles. The number of hydrogen-bond acceptors (Lipinski definition) is 3. The second-order valence-corrected chi connectivity index (χ2v) is 3.22. The molecular formula is C9H5ClO4. The Morgan fingerprint density at radius 2 is 2.21 bits per heavy atom. The first-order valence-corrected chi connectivity index (χ1v) is 4.21. The van der Waals surface area contributed by atoms with E-state index in [1.54, 1.807) is 0 Å². The quantitative estimate of drug-likeness (QED) is 0.768. The van der Waals surface area contributed by atoms with Crippen LogP contribution in [0.4, 0.5) is 0 Å². The van der Waals surface area contributed by atoms with E-state index in [9.17, 15) is 9.59 Å². The molecule has 5 heteroatoms. The number of rotatable bonds is 1. The van der Waals surface area contributed by atoms with Crippen molar-refractivity contribution < 1.29 is 19.4 Å². The van der Waals surface area contributed by atoms with Crippen molar-refractivity contribution in [3.8, 4) is 5.75 Å². The minimum atomic E-state index is -1.13. The molecule has 0 spiro atoms. The maximum Gasteiger partial charge on any atom is 0.339 e. The molecule has 1 aromatic carbocycles. The van der Waals surface area contributed by atoms with Crippen molar-refractivity contribution >= 4 is 23.4 Å². The van der Waals surface area contributed by atoms with Crippen molar-refractivity contribution in [2.75, 3.05) is 6.61 Å². The van der Waals surface area contributed by atoms with Gasteiger partial charge in [-0.2, -0.15) is 0 Å². The zero-order chi connectivity index (χ0) is 10.3. The number of carboxylic acid groups (broad SMARTS) is 1. The van der Waals surface area contributed by atoms with Gasteiger partial charge in [-0.05, 0) is 12.1 Å². The Kier molecular flexibility index (Phi) is 1.93. The Morgan fingerprint density at radius 3 is 2.86 bits per heavy atom. The molecule has 1 aliphatic rings. The third-order valence-corrected chi connectivity index (χ3v) is 2.28. The lowest BCUT2D eigenvalue weighted by molar-refractivity contribution is 0.0692. The molecule has 0 unspecified atom stereocenters. The summed E-state index contributed by atoms with van der Waals surface area (Å²) in [4.78, 5) is 22.0. The number of carboxylic acids is 1. The number of aromatic carboxylic acids is 1. The monoisotopic (exact) mass is 212 g/mol. The Hall–Kier alpha value is -1.55. The van der Waals surface area contributed by atoms with Gasteiger partial charge in [0.15, 0.2) is 6.61 Å². The fourth-order valence-corrected chi connectivity index (χ4v) is 1.60. The van der Waals surface area contributed by atoms with Crippen molar-refractivity contribution in [3.05, 3.63) is 28.3 Å². The van der Waals surface area contributed by atoms with Crippen LogP contribution in [-0.2, 0) is 0 Å². The predicted molar refractivity (Wildman–Crippen MR) is 48.2 cm³/mol. The summed E-state index contributed by atoms with van der Waals surface area (Å²) in [7, 11) is 0. The number of fused-ring (bicyclic) bond motifs is 1. The molecule has 4 nitrogen and oxygen atoms in total. The Morgan fingerprint density at radius 1 is 1.50 bits per heavy atom. The van der Waals surface area contributed by atoms with Crippen LogP contribution in [0.3, 0.4) is 0 Å². The zero-order valence-electron chi connectivity index (χ0n) is 6.91. The van der Waals surface area contributed by atoms with Gasteiger partial charge in [-0.1, -0.05) is 11.6 Å². The lowest BCUT2D eigenvalue weighted by Crippen LogP contribution is -1.99. The van der Waals surface area contributed by atoms with E-state index < -0.39 is 5.97 Å². The van der Waals surface area contributed by atoms with Gasteiger partial charge in [-0.3, -0.25) is 4.79 Å². The molecule has 0 bridgehead atoms. The van der Waals surface area contributed by atoms with Crippen molar-refractivity contribution in [3.63, 3.8) is 0 Å². The molecule has 14 heavy (non-hydrogen) atoms. The standard InChI is InChI=1S/C9H5ClO4/c10-5-2-1-4(9(12)13)8-7(5)6(11)3-14-8/h1-2H,3H2,(H,12,13). The van der Waals surface area contributed by atoms with Crippen molar-refractivity contribution in [1.29, 1.82) is 0 Å². The van der Waals surface area contributed by atoms with Gasteiger partial charge in [0.05, 0.1) is 10.6 Å². The highest BCUT2D eigenvalue weighted by atomic mass is 35.5. The van der Waals surface area contributed by atoms with Gasteiger partial charge in [-0.15, -0.1) is 0 Å². The van der Waals surface area contributed by atoms with Gasteiger partial charge in [0.1, 0.15) is 11.3 Å². The predicted octanol–water partition coefficient (Wildman–Crippen LogP) is 1.61. The molecule has 0 radical (unpaired) electrons. The van der Waals surface area contributed by atoms with Gasteiger partial charge in [0.2, 0.25) is 5.78 Å². The molecule has 0 saturated heterocycles. The summed E-state index contributed by atoms with van der Waals surface area (Å²) in [6.07, 6.45) is 0. The molecule has 72 valence electrons. The summed E-state index contributed by atoms with van der Waals surface area (Å²) < 4.78 is 4.97. The van der Waals surface area contributed by atoms with E-state index >= 15 is 0 Å². The van der Waals surface area contributed by atoms with Crippen LogP contribution in [0.1, 0.15) is 20.7 Å². The first-order valence-electron chi connectivity index (χ1n) is 3.83. The molecule has 1 N–H and O–H groups in total. The maximum atomic E-state index is 11.3. The maximum absolute atomic E-state index is 11.3. The Balaban J connectivity index is 2.70. The van der Waals surface area contributed by atoms with E-state index in [1.165, 1.54) is 12.1 Å². The van der Waals surface area contributed by atoms with Crippen LogP contribution >= 0.6 is 11.6 Å². The largest absolute Gasteiger partial charge is 0.484 e. The number of ether oxygens (including phenoxy) is 1. The number of carbonyl (C=O) groups is 2. The number of carbonyl (C=O) groups excluding carboxylic acids is 1. The highest BCUT2D eigenvalue weighted by Crippen LogP contribution is 2.34. The van der Waals surface area contributed by atoms with Gasteiger partial charge in [0, 0.05) is 0 Å². The molecule has 0 aliphatic carbocycles. The Bertz CT molecular complexity index is 439. The topological polar surface area (TPSA) is 63.6 Å². The summed E-state index contributed by atoms with van der Waals surface area (Å²) >= 11 is 5.75. The van der Waals surface area contributed by atoms with Crippen molar-refractivity contribution in [2.45, 2.75) is 0 Å². The highest BCUT2D eigenvalue weighted by Gasteiger charge is 2.29. The molecule has 0 saturated carbocycles. The van der Waals surface area contributed by atoms with Crippen LogP contribution in [0.15, 0.2) is 12.1 Å². The van der Waals surface area contributed by atoms with E-state index in [0.29, 0.717) is 0 Å². The van der Waals surface area contributed by atoms with Gasteiger partial charge in [0.25, 0.3) is 0 Å². The van der Waals surface area contributed by atoms with Crippen molar-refractivity contribution in [2.24, 2.45) is 0 Å². The third-order valence-electron chi connectivity index (χ3n) is 1.96. The zero-order valence-corrected chi connectivity index (χ0v) is 7.67. The summed E-state index contributed by atoms with van der Waals surface area (Å²) in [6, 6.07) is 2.71. The molecule has 0 amide bonds. The molecule has 2 rings (SSSR count). The van der Waals surface area contributed by atoms with Crippen LogP contribution in [-0.4, -0.2) is 23.5 Å². The second kappa shape index (κ2) is 2.99. The van der Waals surface area contributed by atoms with E-state index in [2.05, 4.69) is 0 Å². The van der Waals surface area contributed by atoms with Gasteiger partial charge in [-0.25, -0.2) is 4.79 Å². The fourth-order valence-electron chi connectivity index (χ4n) is 1.35. The van der Waals surface area contributed by atoms with Crippen LogP contribution in [0.2, 0.25) is 5.02 Å². The molecule has 0 aromatic heterocycles. The molecular weight excluding hydrogens is 208 g/mol. The molecule has 1 aromatic rings.